The average molecular weight is 269 g/mol. The van der Waals surface area contributed by atoms with Crippen molar-refractivity contribution in [3.05, 3.63) is 53.4 Å². The lowest BCUT2D eigenvalue weighted by Crippen LogP contribution is -1.84. The van der Waals surface area contributed by atoms with Gasteiger partial charge in [-0.25, -0.2) is 0 Å². The molecule has 0 aliphatic rings. The molecule has 3 rings (SSSR count). The number of nitrogens with zero attached hydrogens (tertiary/aromatic N) is 1. The molecule has 0 atom stereocenters. The number of hydrogen-bond donors (Lipinski definition) is 2. The summed E-state index contributed by atoms with van der Waals surface area (Å²) in [5.41, 5.74) is 3.05. The van der Waals surface area contributed by atoms with Gasteiger partial charge in [-0.15, -0.1) is 11.3 Å². The van der Waals surface area contributed by atoms with Crippen molar-refractivity contribution < 1.29 is 10.3 Å². The molecule has 2 aromatic carbocycles. The summed E-state index contributed by atoms with van der Waals surface area (Å²) in [5, 5.41) is 24.3. The van der Waals surface area contributed by atoms with Crippen LogP contribution in [0.2, 0.25) is 0 Å². The Hall–Kier alpha value is -2.33. The van der Waals surface area contributed by atoms with Crippen LogP contribution in [0, 0.1) is 0 Å². The molecule has 0 amide bonds. The molecular weight excluding hydrogens is 258 g/mol. The quantitative estimate of drug-likeness (QED) is 0.418. The van der Waals surface area contributed by atoms with Crippen LogP contribution in [0.15, 0.2) is 53.0 Å². The second-order valence-corrected chi connectivity index (χ2v) is 5.07. The highest BCUT2D eigenvalue weighted by Gasteiger charge is 2.08. The largest absolute Gasteiger partial charge is 0.508 e. The summed E-state index contributed by atoms with van der Waals surface area (Å²) in [4.78, 5) is 0. The molecule has 3 nitrogen and oxygen atoms in total. The lowest BCUT2D eigenvalue weighted by atomic mass is 10.00. The van der Waals surface area contributed by atoms with Gasteiger partial charge in [0.2, 0.25) is 0 Å². The van der Waals surface area contributed by atoms with Gasteiger partial charge in [-0.3, -0.25) is 0 Å². The fourth-order valence-corrected chi connectivity index (χ4v) is 3.04. The summed E-state index contributed by atoms with van der Waals surface area (Å²) in [7, 11) is 0. The highest BCUT2D eigenvalue weighted by Crippen LogP contribution is 2.34. The van der Waals surface area contributed by atoms with Gasteiger partial charge in [-0.1, -0.05) is 29.4 Å². The Morgan fingerprint density at radius 3 is 2.53 bits per heavy atom. The van der Waals surface area contributed by atoms with E-state index in [0.29, 0.717) is 0 Å². The monoisotopic (exact) mass is 269 g/mol. The third-order valence-electron chi connectivity index (χ3n) is 3.02. The maximum absolute atomic E-state index is 9.35. The van der Waals surface area contributed by atoms with Crippen molar-refractivity contribution in [2.75, 3.05) is 0 Å². The molecule has 0 saturated heterocycles. The van der Waals surface area contributed by atoms with Crippen LogP contribution < -0.4 is 0 Å². The second-order valence-electron chi connectivity index (χ2n) is 4.16. The Kier molecular flexibility index (Phi) is 2.93. The number of hydrogen-bond acceptors (Lipinski definition) is 4. The fraction of sp³-hybridized carbons (Fsp3) is 0. The van der Waals surface area contributed by atoms with Crippen LogP contribution in [0.5, 0.6) is 5.75 Å². The van der Waals surface area contributed by atoms with Crippen molar-refractivity contribution in [2.45, 2.75) is 0 Å². The van der Waals surface area contributed by atoms with Gasteiger partial charge in [-0.05, 0) is 34.7 Å². The molecule has 2 N–H and O–H groups in total. The van der Waals surface area contributed by atoms with Crippen molar-refractivity contribution in [1.29, 1.82) is 0 Å². The smallest absolute Gasteiger partial charge is 0.115 e. The topological polar surface area (TPSA) is 52.8 Å². The molecule has 0 spiro atoms. The molecule has 0 bridgehead atoms. The normalized spacial score (nSPS) is 11.4. The predicted molar refractivity (Wildman–Crippen MR) is 78.3 cm³/mol. The van der Waals surface area contributed by atoms with E-state index in [-0.39, 0.29) is 5.75 Å². The molecule has 0 radical (unpaired) electrons. The molecule has 94 valence electrons. The minimum atomic E-state index is 0.259. The Morgan fingerprint density at radius 2 is 1.79 bits per heavy atom. The maximum atomic E-state index is 9.35. The zero-order valence-electron chi connectivity index (χ0n) is 9.95. The number of rotatable bonds is 2. The van der Waals surface area contributed by atoms with Crippen LogP contribution in [0.25, 0.3) is 21.2 Å². The van der Waals surface area contributed by atoms with E-state index >= 15 is 0 Å². The third kappa shape index (κ3) is 2.06. The minimum Gasteiger partial charge on any atom is -0.508 e. The first-order chi connectivity index (χ1) is 9.29. The summed E-state index contributed by atoms with van der Waals surface area (Å²) in [5.74, 6) is 0.259. The van der Waals surface area contributed by atoms with Crippen LogP contribution in [0.3, 0.4) is 0 Å². The Balaban J connectivity index is 2.23. The van der Waals surface area contributed by atoms with Crippen molar-refractivity contribution in [1.82, 2.24) is 0 Å². The van der Waals surface area contributed by atoms with E-state index in [0.717, 1.165) is 26.8 Å². The van der Waals surface area contributed by atoms with E-state index in [1.54, 1.807) is 23.5 Å². The van der Waals surface area contributed by atoms with Gasteiger partial charge < -0.3 is 10.3 Å². The summed E-state index contributed by atoms with van der Waals surface area (Å²) >= 11 is 1.61. The number of fused-ring (bicyclic) bond motifs is 1. The van der Waals surface area contributed by atoms with E-state index in [2.05, 4.69) is 11.2 Å². The van der Waals surface area contributed by atoms with Crippen LogP contribution >= 0.6 is 11.3 Å². The van der Waals surface area contributed by atoms with Gasteiger partial charge in [0, 0.05) is 15.6 Å². The molecule has 3 aromatic rings. The minimum absolute atomic E-state index is 0.259. The Morgan fingerprint density at radius 1 is 1.00 bits per heavy atom. The summed E-state index contributed by atoms with van der Waals surface area (Å²) in [6, 6.07) is 13.1. The van der Waals surface area contributed by atoms with E-state index in [4.69, 9.17) is 5.21 Å². The lowest BCUT2D eigenvalue weighted by Gasteiger charge is -2.06. The summed E-state index contributed by atoms with van der Waals surface area (Å²) in [6.07, 6.45) is 1.44. The molecule has 0 aliphatic heterocycles. The highest BCUT2D eigenvalue weighted by atomic mass is 32.1. The van der Waals surface area contributed by atoms with Gasteiger partial charge in [0.1, 0.15) is 5.75 Å². The molecule has 0 fully saturated rings. The van der Waals surface area contributed by atoms with E-state index < -0.39 is 0 Å². The molecule has 0 aliphatic carbocycles. The summed E-state index contributed by atoms with van der Waals surface area (Å²) in [6.45, 7) is 0. The summed E-state index contributed by atoms with van der Waals surface area (Å²) < 4.78 is 1.09. The SMILES string of the molecule is O/N=C\c1ccc(-c2ccc(O)cc2)c2ccsc12. The van der Waals surface area contributed by atoms with Crippen LogP contribution in [0.4, 0.5) is 0 Å². The van der Waals surface area contributed by atoms with Gasteiger partial charge in [0.05, 0.1) is 6.21 Å². The first kappa shape index (κ1) is 11.7. The predicted octanol–water partition coefficient (Wildman–Crippen LogP) is 4.08. The van der Waals surface area contributed by atoms with E-state index in [1.165, 1.54) is 6.21 Å². The maximum Gasteiger partial charge on any atom is 0.115 e. The van der Waals surface area contributed by atoms with Gasteiger partial charge >= 0.3 is 0 Å². The number of thiophene rings is 1. The molecule has 4 heteroatoms. The van der Waals surface area contributed by atoms with Crippen molar-refractivity contribution in [2.24, 2.45) is 5.16 Å². The Bertz CT molecular complexity index is 744. The zero-order valence-corrected chi connectivity index (χ0v) is 10.8. The van der Waals surface area contributed by atoms with Crippen molar-refractivity contribution in [3.8, 4) is 16.9 Å². The number of aromatic hydroxyl groups is 1. The van der Waals surface area contributed by atoms with E-state index in [9.17, 15) is 5.11 Å². The van der Waals surface area contributed by atoms with Crippen LogP contribution in [-0.4, -0.2) is 16.5 Å². The van der Waals surface area contributed by atoms with Gasteiger partial charge in [-0.2, -0.15) is 0 Å². The number of benzene rings is 2. The van der Waals surface area contributed by atoms with Crippen molar-refractivity contribution >= 4 is 27.6 Å². The molecule has 0 unspecified atom stereocenters. The third-order valence-corrected chi connectivity index (χ3v) is 3.99. The van der Waals surface area contributed by atoms with Gasteiger partial charge in [0.15, 0.2) is 0 Å². The molecule has 1 aromatic heterocycles. The first-order valence-electron chi connectivity index (χ1n) is 5.76. The first-order valence-corrected chi connectivity index (χ1v) is 6.64. The number of oxime groups is 1. The lowest BCUT2D eigenvalue weighted by molar-refractivity contribution is 0.322. The highest BCUT2D eigenvalue weighted by molar-refractivity contribution is 7.17. The number of phenolic OH excluding ortho intramolecular Hbond substituents is 1. The fourth-order valence-electron chi connectivity index (χ4n) is 2.14. The van der Waals surface area contributed by atoms with Gasteiger partial charge in [0.25, 0.3) is 0 Å². The van der Waals surface area contributed by atoms with Crippen LogP contribution in [-0.2, 0) is 0 Å². The zero-order chi connectivity index (χ0) is 13.2. The Labute approximate surface area is 114 Å². The average Bonchev–Trinajstić information content (AvgIpc) is 2.90. The molecule has 0 saturated carbocycles. The van der Waals surface area contributed by atoms with Crippen LogP contribution in [0.1, 0.15) is 5.56 Å². The molecule has 19 heavy (non-hydrogen) atoms. The second kappa shape index (κ2) is 4.74. The molecular formula is C15H11NO2S. The molecule has 1 heterocycles. The standard InChI is InChI=1S/C15H11NO2S/c17-12-4-1-10(2-5-12)13-6-3-11(9-16-18)15-14(13)7-8-19-15/h1-9,17-18H/b16-9-. The van der Waals surface area contributed by atoms with E-state index in [1.807, 2.05) is 29.6 Å². The van der Waals surface area contributed by atoms with Crippen molar-refractivity contribution in [3.63, 3.8) is 0 Å². The number of phenols is 1.